The number of pyridine rings is 1. The van der Waals surface area contributed by atoms with E-state index in [9.17, 15) is 0 Å². The lowest BCUT2D eigenvalue weighted by Gasteiger charge is -2.05. The van der Waals surface area contributed by atoms with E-state index in [0.29, 0.717) is 6.54 Å². The number of nitrogens with one attached hydrogen (secondary N) is 1. The monoisotopic (exact) mass is 242 g/mol. The van der Waals surface area contributed by atoms with Gasteiger partial charge in [-0.05, 0) is 35.8 Å². The third kappa shape index (κ3) is 2.24. The van der Waals surface area contributed by atoms with Crippen LogP contribution in [0.15, 0.2) is 41.9 Å². The van der Waals surface area contributed by atoms with Gasteiger partial charge in [0.15, 0.2) is 0 Å². The summed E-state index contributed by atoms with van der Waals surface area (Å²) in [6.07, 6.45) is 1.80. The first-order chi connectivity index (χ1) is 8.42. The van der Waals surface area contributed by atoms with Crippen LogP contribution < -0.4 is 5.32 Å². The van der Waals surface area contributed by atoms with E-state index in [2.05, 4.69) is 32.0 Å². The Morgan fingerprint density at radius 3 is 3.12 bits per heavy atom. The van der Waals surface area contributed by atoms with Crippen LogP contribution in [0.3, 0.4) is 0 Å². The van der Waals surface area contributed by atoms with Crippen LogP contribution in [-0.2, 0) is 6.54 Å². The first-order valence-corrected chi connectivity index (χ1v) is 6.10. The lowest BCUT2D eigenvalue weighted by molar-refractivity contribution is 0.999. The Balaban J connectivity index is 1.81. The van der Waals surface area contributed by atoms with Crippen molar-refractivity contribution in [1.29, 1.82) is 0 Å². The topological polar surface area (TPSA) is 50.7 Å². The minimum Gasteiger partial charge on any atom is -0.379 e. The summed E-state index contributed by atoms with van der Waals surface area (Å²) in [5, 5.41) is 10.4. The van der Waals surface area contributed by atoms with Crippen LogP contribution in [0.25, 0.3) is 10.9 Å². The summed E-state index contributed by atoms with van der Waals surface area (Å²) >= 11 is 1.37. The Bertz CT molecular complexity index is 621. The van der Waals surface area contributed by atoms with E-state index in [-0.39, 0.29) is 0 Å². The van der Waals surface area contributed by atoms with E-state index in [1.165, 1.54) is 11.5 Å². The highest BCUT2D eigenvalue weighted by atomic mass is 32.1. The molecule has 84 valence electrons. The molecule has 1 N–H and O–H groups in total. The molecule has 2 aromatic heterocycles. The molecule has 0 spiro atoms. The Kier molecular flexibility index (Phi) is 2.67. The fraction of sp³-hybridized carbons (Fsp3) is 0.0833. The summed E-state index contributed by atoms with van der Waals surface area (Å²) in [6.45, 7) is 0.697. The van der Waals surface area contributed by atoms with Gasteiger partial charge in [0.1, 0.15) is 0 Å². The average Bonchev–Trinajstić information content (AvgIpc) is 2.89. The van der Waals surface area contributed by atoms with Gasteiger partial charge in [0.05, 0.1) is 17.8 Å². The van der Waals surface area contributed by atoms with E-state index in [1.807, 2.05) is 23.6 Å². The maximum atomic E-state index is 4.28. The number of hydrogen-bond donors (Lipinski definition) is 1. The molecule has 2 heterocycles. The van der Waals surface area contributed by atoms with Gasteiger partial charge in [-0.3, -0.25) is 4.98 Å². The molecule has 5 heteroatoms. The van der Waals surface area contributed by atoms with Gasteiger partial charge in [0.2, 0.25) is 0 Å². The second-order valence-electron chi connectivity index (χ2n) is 3.66. The van der Waals surface area contributed by atoms with E-state index >= 15 is 0 Å². The van der Waals surface area contributed by atoms with Crippen molar-refractivity contribution in [3.05, 3.63) is 47.6 Å². The number of aromatic nitrogens is 3. The summed E-state index contributed by atoms with van der Waals surface area (Å²) in [5.74, 6) is 0. The van der Waals surface area contributed by atoms with Crippen molar-refractivity contribution in [2.24, 2.45) is 0 Å². The van der Waals surface area contributed by atoms with Crippen molar-refractivity contribution in [2.75, 3.05) is 5.32 Å². The highest BCUT2D eigenvalue weighted by Crippen LogP contribution is 2.17. The minimum absolute atomic E-state index is 0.697. The molecule has 17 heavy (non-hydrogen) atoms. The predicted molar refractivity (Wildman–Crippen MR) is 69.0 cm³/mol. The molecular weight excluding hydrogens is 232 g/mol. The van der Waals surface area contributed by atoms with Crippen molar-refractivity contribution in [3.63, 3.8) is 0 Å². The molecule has 0 radical (unpaired) electrons. The molecule has 3 aromatic rings. The molecule has 0 amide bonds. The molecule has 1 aromatic carbocycles. The van der Waals surface area contributed by atoms with Crippen molar-refractivity contribution < 1.29 is 0 Å². The zero-order valence-electron chi connectivity index (χ0n) is 9.00. The van der Waals surface area contributed by atoms with Crippen LogP contribution >= 0.6 is 11.5 Å². The fourth-order valence-corrected chi connectivity index (χ4v) is 2.09. The number of fused-ring (bicyclic) bond motifs is 1. The SMILES string of the molecule is c1cnc2ccc(NCc3csnn3)cc2c1. The largest absolute Gasteiger partial charge is 0.379 e. The normalized spacial score (nSPS) is 10.6. The molecule has 0 aliphatic rings. The second-order valence-corrected chi connectivity index (χ2v) is 4.27. The number of rotatable bonds is 3. The Hall–Kier alpha value is -2.01. The summed E-state index contributed by atoms with van der Waals surface area (Å²) in [5.41, 5.74) is 3.04. The number of nitrogens with zero attached hydrogens (tertiary/aromatic N) is 3. The lowest BCUT2D eigenvalue weighted by atomic mass is 10.2. The maximum absolute atomic E-state index is 4.28. The quantitative estimate of drug-likeness (QED) is 0.767. The molecule has 0 unspecified atom stereocenters. The average molecular weight is 242 g/mol. The Morgan fingerprint density at radius 1 is 1.24 bits per heavy atom. The van der Waals surface area contributed by atoms with E-state index in [0.717, 1.165) is 22.3 Å². The summed E-state index contributed by atoms with van der Waals surface area (Å²) in [4.78, 5) is 4.28. The molecule has 0 aliphatic heterocycles. The highest BCUT2D eigenvalue weighted by molar-refractivity contribution is 7.03. The van der Waals surface area contributed by atoms with Crippen LogP contribution in [0.5, 0.6) is 0 Å². The minimum atomic E-state index is 0.697. The highest BCUT2D eigenvalue weighted by Gasteiger charge is 1.98. The summed E-state index contributed by atoms with van der Waals surface area (Å²) in [7, 11) is 0. The molecule has 0 fully saturated rings. The van der Waals surface area contributed by atoms with Gasteiger partial charge in [0, 0.05) is 22.7 Å². The second kappa shape index (κ2) is 4.47. The molecule has 0 aliphatic carbocycles. The van der Waals surface area contributed by atoms with Crippen molar-refractivity contribution >= 4 is 28.1 Å². The van der Waals surface area contributed by atoms with Gasteiger partial charge < -0.3 is 5.32 Å². The van der Waals surface area contributed by atoms with Gasteiger partial charge in [-0.1, -0.05) is 10.6 Å². The Labute approximate surface area is 102 Å². The molecule has 4 nitrogen and oxygen atoms in total. The number of anilines is 1. The molecular formula is C12H10N4S. The first kappa shape index (κ1) is 10.2. The molecule has 0 saturated carbocycles. The lowest BCUT2D eigenvalue weighted by Crippen LogP contribution is -1.99. The summed E-state index contributed by atoms with van der Waals surface area (Å²) < 4.78 is 3.83. The van der Waals surface area contributed by atoms with Crippen LogP contribution in [0.4, 0.5) is 5.69 Å². The summed E-state index contributed by atoms with van der Waals surface area (Å²) in [6, 6.07) is 10.1. The van der Waals surface area contributed by atoms with Gasteiger partial charge in [-0.15, -0.1) is 5.10 Å². The zero-order chi connectivity index (χ0) is 11.5. The van der Waals surface area contributed by atoms with Crippen LogP contribution in [0.1, 0.15) is 5.69 Å². The van der Waals surface area contributed by atoms with Crippen LogP contribution in [0.2, 0.25) is 0 Å². The van der Waals surface area contributed by atoms with Gasteiger partial charge in [-0.2, -0.15) is 0 Å². The maximum Gasteiger partial charge on any atom is 0.0946 e. The molecule has 0 saturated heterocycles. The van der Waals surface area contributed by atoms with Crippen molar-refractivity contribution in [3.8, 4) is 0 Å². The van der Waals surface area contributed by atoms with E-state index in [4.69, 9.17) is 0 Å². The third-order valence-corrected chi connectivity index (χ3v) is 3.04. The van der Waals surface area contributed by atoms with Crippen molar-refractivity contribution in [2.45, 2.75) is 6.54 Å². The van der Waals surface area contributed by atoms with Crippen molar-refractivity contribution in [1.82, 2.24) is 14.6 Å². The smallest absolute Gasteiger partial charge is 0.0946 e. The predicted octanol–water partition coefficient (Wildman–Crippen LogP) is 2.70. The number of hydrogen-bond acceptors (Lipinski definition) is 5. The molecule has 0 atom stereocenters. The third-order valence-electron chi connectivity index (χ3n) is 2.48. The fourth-order valence-electron chi connectivity index (χ4n) is 1.64. The van der Waals surface area contributed by atoms with Gasteiger partial charge in [-0.25, -0.2) is 0 Å². The van der Waals surface area contributed by atoms with E-state index < -0.39 is 0 Å². The van der Waals surface area contributed by atoms with E-state index in [1.54, 1.807) is 6.20 Å². The van der Waals surface area contributed by atoms with Gasteiger partial charge in [0.25, 0.3) is 0 Å². The van der Waals surface area contributed by atoms with Crippen LogP contribution in [-0.4, -0.2) is 14.6 Å². The molecule has 0 bridgehead atoms. The zero-order valence-corrected chi connectivity index (χ0v) is 9.81. The van der Waals surface area contributed by atoms with Gasteiger partial charge >= 0.3 is 0 Å². The molecule has 3 rings (SSSR count). The van der Waals surface area contributed by atoms with Crippen LogP contribution in [0, 0.1) is 0 Å². The standard InChI is InChI=1S/C12H10N4S/c1-2-9-6-10(3-4-12(9)13-5-1)14-7-11-8-17-16-15-11/h1-6,8,14H,7H2. The Morgan fingerprint density at radius 2 is 2.24 bits per heavy atom. The number of benzene rings is 1. The first-order valence-electron chi connectivity index (χ1n) is 5.26.